The minimum absolute atomic E-state index is 0.0236. The summed E-state index contributed by atoms with van der Waals surface area (Å²) in [6, 6.07) is 21.0. The van der Waals surface area contributed by atoms with E-state index in [1.807, 2.05) is 12.1 Å². The Morgan fingerprint density at radius 1 is 1.00 bits per heavy atom. The second-order valence-electron chi connectivity index (χ2n) is 9.08. The molecule has 2 N–H and O–H groups in total. The molecule has 1 aliphatic rings. The molecule has 1 aliphatic heterocycles. The number of benzene rings is 3. The molecule has 2 heterocycles. The first-order chi connectivity index (χ1) is 18.4. The highest BCUT2D eigenvalue weighted by Gasteiger charge is 2.25. The lowest BCUT2D eigenvalue weighted by Gasteiger charge is -2.30. The first kappa shape index (κ1) is 25.4. The molecule has 0 fully saturated rings. The topological polar surface area (TPSA) is 95.4 Å². The highest BCUT2D eigenvalue weighted by atomic mass is 35.5. The Morgan fingerprint density at radius 3 is 2.42 bits per heavy atom. The van der Waals surface area contributed by atoms with Gasteiger partial charge >= 0.3 is 5.97 Å². The fourth-order valence-electron chi connectivity index (χ4n) is 4.42. The highest BCUT2D eigenvalue weighted by Crippen LogP contribution is 2.26. The Balaban J connectivity index is 1.46. The number of carbonyl (C=O) groups excluding carboxylic acids is 1. The van der Waals surface area contributed by atoms with E-state index in [0.29, 0.717) is 35.1 Å². The van der Waals surface area contributed by atoms with E-state index in [4.69, 9.17) is 11.6 Å². The molecule has 0 saturated carbocycles. The summed E-state index contributed by atoms with van der Waals surface area (Å²) >= 11 is 5.93. The van der Waals surface area contributed by atoms with Gasteiger partial charge in [0.2, 0.25) is 0 Å². The van der Waals surface area contributed by atoms with Crippen molar-refractivity contribution in [3.8, 4) is 11.4 Å². The van der Waals surface area contributed by atoms with Gasteiger partial charge in [0.1, 0.15) is 23.4 Å². The number of carbonyl (C=O) groups is 2. The molecular formula is C29H24ClFN4O3. The van der Waals surface area contributed by atoms with E-state index in [2.05, 4.69) is 32.3 Å². The number of nitrogens with one attached hydrogen (secondary N) is 1. The average Bonchev–Trinajstić information content (AvgIpc) is 2.93. The minimum Gasteiger partial charge on any atom is -0.480 e. The van der Waals surface area contributed by atoms with Crippen LogP contribution in [0.1, 0.15) is 27.2 Å². The zero-order chi connectivity index (χ0) is 26.6. The number of nitrogens with zero attached hydrogens (tertiary/aromatic N) is 3. The van der Waals surface area contributed by atoms with Crippen LogP contribution < -0.4 is 10.2 Å². The molecule has 1 aromatic heterocycles. The largest absolute Gasteiger partial charge is 0.480 e. The van der Waals surface area contributed by atoms with Crippen LogP contribution in [0.5, 0.6) is 0 Å². The van der Waals surface area contributed by atoms with Crippen LogP contribution in [0.2, 0.25) is 5.02 Å². The summed E-state index contributed by atoms with van der Waals surface area (Å²) in [5.74, 6) is -1.44. The molecule has 0 spiro atoms. The van der Waals surface area contributed by atoms with Gasteiger partial charge in [0, 0.05) is 36.2 Å². The number of amides is 1. The van der Waals surface area contributed by atoms with Crippen LogP contribution in [-0.2, 0) is 24.2 Å². The van der Waals surface area contributed by atoms with Crippen molar-refractivity contribution in [2.24, 2.45) is 0 Å². The van der Waals surface area contributed by atoms with Gasteiger partial charge in [-0.15, -0.1) is 0 Å². The van der Waals surface area contributed by atoms with E-state index in [9.17, 15) is 19.1 Å². The summed E-state index contributed by atoms with van der Waals surface area (Å²) in [5, 5.41) is 12.9. The molecule has 1 amide bonds. The number of carboxylic acids is 1. The van der Waals surface area contributed by atoms with E-state index in [-0.39, 0.29) is 17.9 Å². The van der Waals surface area contributed by atoms with Crippen molar-refractivity contribution in [3.05, 3.63) is 112 Å². The van der Waals surface area contributed by atoms with E-state index in [1.165, 1.54) is 23.3 Å². The summed E-state index contributed by atoms with van der Waals surface area (Å²) < 4.78 is 13.6. The number of aromatic nitrogens is 2. The molecule has 1 atom stereocenters. The summed E-state index contributed by atoms with van der Waals surface area (Å²) in [7, 11) is 0. The minimum atomic E-state index is -1.18. The van der Waals surface area contributed by atoms with Gasteiger partial charge < -0.3 is 15.3 Å². The molecule has 7 nitrogen and oxygen atoms in total. The van der Waals surface area contributed by atoms with Gasteiger partial charge in [0.15, 0.2) is 5.82 Å². The third-order valence-corrected chi connectivity index (χ3v) is 6.71. The number of rotatable bonds is 7. The molecule has 4 aromatic rings. The molecule has 5 rings (SSSR count). The lowest BCUT2D eigenvalue weighted by molar-refractivity contribution is -0.139. The third-order valence-electron chi connectivity index (χ3n) is 6.46. The van der Waals surface area contributed by atoms with Crippen molar-refractivity contribution in [1.29, 1.82) is 0 Å². The molecule has 0 aliphatic carbocycles. The van der Waals surface area contributed by atoms with Gasteiger partial charge in [-0.1, -0.05) is 48.0 Å². The normalized spacial score (nSPS) is 13.5. The first-order valence-corrected chi connectivity index (χ1v) is 12.5. The van der Waals surface area contributed by atoms with Crippen LogP contribution in [0.3, 0.4) is 0 Å². The molecule has 38 heavy (non-hydrogen) atoms. The number of hydrogen-bond acceptors (Lipinski definition) is 5. The zero-order valence-electron chi connectivity index (χ0n) is 20.3. The lowest BCUT2D eigenvalue weighted by atomic mass is 10.00. The molecule has 0 radical (unpaired) electrons. The predicted octanol–water partition coefficient (Wildman–Crippen LogP) is 4.92. The Morgan fingerprint density at radius 2 is 1.71 bits per heavy atom. The van der Waals surface area contributed by atoms with Crippen molar-refractivity contribution in [2.45, 2.75) is 25.4 Å². The van der Waals surface area contributed by atoms with E-state index in [0.717, 1.165) is 6.42 Å². The standard InChI is InChI=1S/C29H24ClFN4O3/c30-22-9-5-18(6-10-22)15-25(29(37)38)33-28(36)24-16-26(34-27(32-24)20-7-11-23(31)12-8-20)35-14-13-19-3-1-2-4-21(19)17-35/h1-12,16,25H,13-15,17H2,(H,33,36)(H,37,38). The lowest BCUT2D eigenvalue weighted by Crippen LogP contribution is -2.42. The smallest absolute Gasteiger partial charge is 0.326 e. The van der Waals surface area contributed by atoms with Gasteiger partial charge in [0.05, 0.1) is 0 Å². The Labute approximate surface area is 223 Å². The maximum Gasteiger partial charge on any atom is 0.326 e. The van der Waals surface area contributed by atoms with E-state index < -0.39 is 23.7 Å². The molecule has 3 aromatic carbocycles. The van der Waals surface area contributed by atoms with Crippen LogP contribution in [0.25, 0.3) is 11.4 Å². The summed E-state index contributed by atoms with van der Waals surface area (Å²) in [6.45, 7) is 1.29. The van der Waals surface area contributed by atoms with Crippen LogP contribution in [0, 0.1) is 5.82 Å². The summed E-state index contributed by atoms with van der Waals surface area (Å²) in [5.41, 5.74) is 3.71. The second kappa shape index (κ2) is 11.0. The van der Waals surface area contributed by atoms with Crippen molar-refractivity contribution >= 4 is 29.3 Å². The third kappa shape index (κ3) is 5.81. The Hall–Kier alpha value is -4.30. The van der Waals surface area contributed by atoms with Crippen LogP contribution >= 0.6 is 11.6 Å². The highest BCUT2D eigenvalue weighted by molar-refractivity contribution is 6.30. The van der Waals surface area contributed by atoms with Crippen LogP contribution in [-0.4, -0.2) is 39.5 Å². The van der Waals surface area contributed by atoms with Crippen LogP contribution in [0.4, 0.5) is 10.2 Å². The number of carboxylic acid groups (broad SMARTS) is 1. The molecule has 9 heteroatoms. The number of anilines is 1. The fraction of sp³-hybridized carbons (Fsp3) is 0.172. The van der Waals surface area contributed by atoms with Crippen molar-refractivity contribution < 1.29 is 19.1 Å². The number of fused-ring (bicyclic) bond motifs is 1. The summed E-state index contributed by atoms with van der Waals surface area (Å²) in [4.78, 5) is 36.4. The number of halogens is 2. The quantitative estimate of drug-likeness (QED) is 0.352. The predicted molar refractivity (Wildman–Crippen MR) is 143 cm³/mol. The molecular weight excluding hydrogens is 507 g/mol. The summed E-state index contributed by atoms with van der Waals surface area (Å²) in [6.07, 6.45) is 0.889. The average molecular weight is 531 g/mol. The maximum atomic E-state index is 13.6. The second-order valence-corrected chi connectivity index (χ2v) is 9.51. The maximum absolute atomic E-state index is 13.6. The van der Waals surface area contributed by atoms with Gasteiger partial charge in [-0.05, 0) is 59.5 Å². The number of hydrogen-bond donors (Lipinski definition) is 2. The fourth-order valence-corrected chi connectivity index (χ4v) is 4.55. The molecule has 0 saturated heterocycles. The van der Waals surface area contributed by atoms with E-state index >= 15 is 0 Å². The number of aliphatic carboxylic acids is 1. The molecule has 192 valence electrons. The Bertz CT molecular complexity index is 1480. The van der Waals surface area contributed by atoms with Crippen LogP contribution in [0.15, 0.2) is 78.9 Å². The molecule has 1 unspecified atom stereocenters. The van der Waals surface area contributed by atoms with Gasteiger partial charge in [-0.25, -0.2) is 19.2 Å². The van der Waals surface area contributed by atoms with Gasteiger partial charge in [-0.2, -0.15) is 0 Å². The zero-order valence-corrected chi connectivity index (χ0v) is 21.0. The SMILES string of the molecule is O=C(NC(Cc1ccc(Cl)cc1)C(=O)O)c1cc(N2CCc3ccccc3C2)nc(-c2ccc(F)cc2)n1. The molecule has 0 bridgehead atoms. The first-order valence-electron chi connectivity index (χ1n) is 12.1. The van der Waals surface area contributed by atoms with Crippen molar-refractivity contribution in [3.63, 3.8) is 0 Å². The van der Waals surface area contributed by atoms with Crippen molar-refractivity contribution in [2.75, 3.05) is 11.4 Å². The van der Waals surface area contributed by atoms with E-state index in [1.54, 1.807) is 42.5 Å². The monoisotopic (exact) mass is 530 g/mol. The Kier molecular flexibility index (Phi) is 7.33. The van der Waals surface area contributed by atoms with Gasteiger partial charge in [-0.3, -0.25) is 4.79 Å². The van der Waals surface area contributed by atoms with Crippen molar-refractivity contribution in [1.82, 2.24) is 15.3 Å². The van der Waals surface area contributed by atoms with Gasteiger partial charge in [0.25, 0.3) is 5.91 Å².